The standard InChI is InChI=1S/C16H17NO6S2/c1-9-6-10(7-24(19)20)2-5-12(9)15(18)14-13(8-25(21)22)17-23-16(14)11-3-4-11/h2,5-6,11H,3-4,7-8H2,1H3,(H,19,20)(H,21,22)/p-2. The Morgan fingerprint density at radius 3 is 2.48 bits per heavy atom. The maximum atomic E-state index is 13.0. The van der Waals surface area contributed by atoms with Gasteiger partial charge in [-0.25, -0.2) is 0 Å². The fraction of sp³-hybridized carbons (Fsp3) is 0.375. The van der Waals surface area contributed by atoms with Crippen LogP contribution in [0.15, 0.2) is 22.7 Å². The van der Waals surface area contributed by atoms with Gasteiger partial charge in [0.2, 0.25) is 0 Å². The fourth-order valence-corrected chi connectivity index (χ4v) is 3.63. The first-order chi connectivity index (χ1) is 11.9. The van der Waals surface area contributed by atoms with Crippen LogP contribution >= 0.6 is 0 Å². The molecule has 9 heteroatoms. The Morgan fingerprint density at radius 1 is 1.24 bits per heavy atom. The lowest BCUT2D eigenvalue weighted by molar-refractivity contribution is 0.103. The van der Waals surface area contributed by atoms with Gasteiger partial charge in [0, 0.05) is 17.2 Å². The molecule has 0 N–H and O–H groups in total. The van der Waals surface area contributed by atoms with Gasteiger partial charge in [0.05, 0.1) is 11.3 Å². The van der Waals surface area contributed by atoms with Crippen molar-refractivity contribution in [2.75, 3.05) is 0 Å². The summed E-state index contributed by atoms with van der Waals surface area (Å²) >= 11 is -4.60. The average Bonchev–Trinajstić information content (AvgIpc) is 3.27. The second-order valence-corrected chi connectivity index (χ2v) is 7.81. The van der Waals surface area contributed by atoms with Crippen LogP contribution in [0.1, 0.15) is 57.3 Å². The van der Waals surface area contributed by atoms with Gasteiger partial charge in [-0.05, 0) is 42.0 Å². The normalized spacial score (nSPS) is 16.6. The summed E-state index contributed by atoms with van der Waals surface area (Å²) in [4.78, 5) is 13.0. The minimum atomic E-state index is -2.39. The number of carbonyl (C=O) groups excluding carboxylic acids is 1. The highest BCUT2D eigenvalue weighted by Crippen LogP contribution is 2.43. The molecule has 0 radical (unpaired) electrons. The molecule has 7 nitrogen and oxygen atoms in total. The summed E-state index contributed by atoms with van der Waals surface area (Å²) in [6.07, 6.45) is 1.76. The molecule has 2 aromatic rings. The van der Waals surface area contributed by atoms with Gasteiger partial charge >= 0.3 is 0 Å². The quantitative estimate of drug-likeness (QED) is 0.529. The Hall–Kier alpha value is -1.68. The second-order valence-electron chi connectivity index (χ2n) is 6.02. The van der Waals surface area contributed by atoms with E-state index in [1.165, 1.54) is 0 Å². The highest BCUT2D eigenvalue weighted by atomic mass is 32.2. The lowest BCUT2D eigenvalue weighted by Crippen LogP contribution is -2.10. The summed E-state index contributed by atoms with van der Waals surface area (Å²) in [5, 5.41) is 3.78. The number of aryl methyl sites for hydroxylation is 1. The first-order valence-corrected chi connectivity index (χ1v) is 10.1. The molecular weight excluding hydrogens is 366 g/mol. The van der Waals surface area contributed by atoms with Crippen molar-refractivity contribution in [1.29, 1.82) is 0 Å². The van der Waals surface area contributed by atoms with E-state index in [2.05, 4.69) is 5.16 Å². The van der Waals surface area contributed by atoms with Crippen LogP contribution in [0.3, 0.4) is 0 Å². The number of rotatable bonds is 7. The van der Waals surface area contributed by atoms with E-state index in [4.69, 9.17) is 4.52 Å². The Balaban J connectivity index is 1.99. The summed E-state index contributed by atoms with van der Waals surface area (Å²) in [5.41, 5.74) is 1.91. The van der Waals surface area contributed by atoms with Crippen molar-refractivity contribution in [1.82, 2.24) is 5.16 Å². The van der Waals surface area contributed by atoms with Crippen LogP contribution < -0.4 is 0 Å². The van der Waals surface area contributed by atoms with Crippen molar-refractivity contribution in [2.24, 2.45) is 0 Å². The largest absolute Gasteiger partial charge is 0.772 e. The average molecular weight is 381 g/mol. The van der Waals surface area contributed by atoms with Crippen molar-refractivity contribution < 1.29 is 26.8 Å². The number of hydrogen-bond acceptors (Lipinski definition) is 7. The van der Waals surface area contributed by atoms with Crippen LogP contribution in [-0.2, 0) is 33.7 Å². The van der Waals surface area contributed by atoms with Gasteiger partial charge in [-0.1, -0.05) is 34.4 Å². The molecular formula is C16H15NO6S2-2. The highest BCUT2D eigenvalue weighted by Gasteiger charge is 2.35. The smallest absolute Gasteiger partial charge is 0.198 e. The summed E-state index contributed by atoms with van der Waals surface area (Å²) in [6.45, 7) is 1.71. The van der Waals surface area contributed by atoms with Crippen molar-refractivity contribution in [2.45, 2.75) is 37.2 Å². The van der Waals surface area contributed by atoms with Gasteiger partial charge in [0.1, 0.15) is 5.69 Å². The molecule has 3 rings (SSSR count). The zero-order chi connectivity index (χ0) is 18.1. The zero-order valence-electron chi connectivity index (χ0n) is 13.4. The van der Waals surface area contributed by atoms with Crippen LogP contribution in [0.5, 0.6) is 0 Å². The highest BCUT2D eigenvalue weighted by molar-refractivity contribution is 7.78. The van der Waals surface area contributed by atoms with E-state index in [0.29, 0.717) is 22.5 Å². The number of ketones is 1. The molecule has 0 aliphatic heterocycles. The minimum Gasteiger partial charge on any atom is -0.772 e. The van der Waals surface area contributed by atoms with Gasteiger partial charge < -0.3 is 13.6 Å². The molecule has 0 spiro atoms. The van der Waals surface area contributed by atoms with E-state index in [-0.39, 0.29) is 34.5 Å². The number of aromatic nitrogens is 1. The third kappa shape index (κ3) is 4.12. The molecule has 2 unspecified atom stereocenters. The third-order valence-electron chi connectivity index (χ3n) is 4.04. The maximum Gasteiger partial charge on any atom is 0.198 e. The topological polar surface area (TPSA) is 123 Å². The molecule has 1 saturated carbocycles. The Bertz CT molecular complexity index is 872. The molecule has 1 aromatic heterocycles. The van der Waals surface area contributed by atoms with Crippen LogP contribution in [0.2, 0.25) is 0 Å². The summed E-state index contributed by atoms with van der Waals surface area (Å²) in [7, 11) is 0. The van der Waals surface area contributed by atoms with Gasteiger partial charge in [0.15, 0.2) is 11.5 Å². The summed E-state index contributed by atoms with van der Waals surface area (Å²) in [5.74, 6) is -0.326. The van der Waals surface area contributed by atoms with E-state index in [1.54, 1.807) is 25.1 Å². The van der Waals surface area contributed by atoms with Crippen molar-refractivity contribution in [3.8, 4) is 0 Å². The SMILES string of the molecule is Cc1cc(CS(=O)[O-])ccc1C(=O)c1c(CS(=O)[O-])noc1C1CC1. The molecule has 1 aromatic carbocycles. The van der Waals surface area contributed by atoms with E-state index in [1.807, 2.05) is 0 Å². The van der Waals surface area contributed by atoms with Crippen LogP contribution in [0, 0.1) is 6.92 Å². The zero-order valence-corrected chi connectivity index (χ0v) is 15.0. The number of benzene rings is 1. The Labute approximate surface area is 149 Å². The Kier molecular flexibility index (Phi) is 5.28. The van der Waals surface area contributed by atoms with Gasteiger partial charge in [-0.15, -0.1) is 0 Å². The molecule has 0 bridgehead atoms. The van der Waals surface area contributed by atoms with Gasteiger partial charge in [0.25, 0.3) is 0 Å². The molecule has 134 valence electrons. The van der Waals surface area contributed by atoms with Gasteiger partial charge in [-0.3, -0.25) is 13.2 Å². The van der Waals surface area contributed by atoms with Crippen molar-refractivity contribution >= 4 is 27.9 Å². The molecule has 1 heterocycles. The molecule has 25 heavy (non-hydrogen) atoms. The fourth-order valence-electron chi connectivity index (χ4n) is 2.76. The molecule has 0 amide bonds. The number of hydrogen-bond donors (Lipinski definition) is 0. The van der Waals surface area contributed by atoms with Crippen LogP contribution in [-0.4, -0.2) is 28.5 Å². The lowest BCUT2D eigenvalue weighted by Gasteiger charge is -2.10. The third-order valence-corrected chi connectivity index (χ3v) is 5.12. The number of carbonyl (C=O) groups is 1. The summed E-state index contributed by atoms with van der Waals surface area (Å²) in [6, 6.07) is 4.77. The van der Waals surface area contributed by atoms with E-state index in [0.717, 1.165) is 12.8 Å². The first-order valence-electron chi connectivity index (χ1n) is 7.61. The predicted molar refractivity (Wildman–Crippen MR) is 88.3 cm³/mol. The number of nitrogens with zero attached hydrogens (tertiary/aromatic N) is 1. The van der Waals surface area contributed by atoms with Gasteiger partial charge in [-0.2, -0.15) is 0 Å². The van der Waals surface area contributed by atoms with Crippen molar-refractivity contribution in [3.63, 3.8) is 0 Å². The molecule has 1 fully saturated rings. The van der Waals surface area contributed by atoms with E-state index in [9.17, 15) is 22.3 Å². The molecule has 2 atom stereocenters. The van der Waals surface area contributed by atoms with Crippen molar-refractivity contribution in [3.05, 3.63) is 51.9 Å². The lowest BCUT2D eigenvalue weighted by atomic mass is 9.95. The minimum absolute atomic E-state index is 0.0998. The van der Waals surface area contributed by atoms with Crippen LogP contribution in [0.25, 0.3) is 0 Å². The Morgan fingerprint density at radius 2 is 1.92 bits per heavy atom. The van der Waals surface area contributed by atoms with E-state index >= 15 is 0 Å². The monoisotopic (exact) mass is 381 g/mol. The van der Waals surface area contributed by atoms with E-state index < -0.39 is 22.2 Å². The predicted octanol–water partition coefficient (Wildman–Crippen LogP) is 1.85. The second kappa shape index (κ2) is 7.28. The molecule has 0 saturated heterocycles. The molecule has 1 aliphatic carbocycles. The van der Waals surface area contributed by atoms with Crippen LogP contribution in [0.4, 0.5) is 0 Å². The maximum absolute atomic E-state index is 13.0. The molecule has 1 aliphatic rings. The first kappa shape index (κ1) is 18.1. The summed E-state index contributed by atoms with van der Waals surface area (Å²) < 4.78 is 49.0.